The third-order valence-corrected chi connectivity index (χ3v) is 1.13. The normalized spacial score (nSPS) is 12.9. The van der Waals surface area contributed by atoms with Gasteiger partial charge in [0.1, 0.15) is 6.04 Å². The van der Waals surface area contributed by atoms with E-state index < -0.39 is 12.0 Å². The van der Waals surface area contributed by atoms with E-state index in [1.54, 1.807) is 0 Å². The smallest absolute Gasteiger partial charge is 0.320 e. The fourth-order valence-electron chi connectivity index (χ4n) is 0.500. The fraction of sp³-hybridized carbons (Fsp3) is 0.833. The zero-order chi connectivity index (χ0) is 8.69. The first-order chi connectivity index (χ1) is 5.18. The largest absolute Gasteiger partial charge is 0.480 e. The van der Waals surface area contributed by atoms with Crippen LogP contribution in [0.5, 0.6) is 0 Å². The predicted octanol–water partition coefficient (Wildman–Crippen LogP) is -1.20. The van der Waals surface area contributed by atoms with Gasteiger partial charge in [-0.05, 0) is 6.42 Å². The second-order valence-electron chi connectivity index (χ2n) is 2.07. The molecule has 0 aliphatic heterocycles. The van der Waals surface area contributed by atoms with Crippen molar-refractivity contribution in [2.75, 3.05) is 19.8 Å². The van der Waals surface area contributed by atoms with Crippen LogP contribution < -0.4 is 5.73 Å². The van der Waals surface area contributed by atoms with Crippen molar-refractivity contribution < 1.29 is 19.7 Å². The third-order valence-electron chi connectivity index (χ3n) is 1.13. The fourth-order valence-corrected chi connectivity index (χ4v) is 0.500. The molecule has 0 aromatic rings. The van der Waals surface area contributed by atoms with Gasteiger partial charge in [0.15, 0.2) is 0 Å². The van der Waals surface area contributed by atoms with Crippen LogP contribution in [0, 0.1) is 0 Å². The molecule has 0 aromatic heterocycles. The Morgan fingerprint density at radius 2 is 2.18 bits per heavy atom. The maximum Gasteiger partial charge on any atom is 0.320 e. The van der Waals surface area contributed by atoms with E-state index in [1.165, 1.54) is 0 Å². The summed E-state index contributed by atoms with van der Waals surface area (Å²) >= 11 is 0. The van der Waals surface area contributed by atoms with Crippen LogP contribution in [0.25, 0.3) is 0 Å². The second-order valence-corrected chi connectivity index (χ2v) is 2.07. The number of rotatable bonds is 6. The SMILES string of the molecule is N[C@@H](CCOCCO)C(=O)O. The minimum absolute atomic E-state index is 0.0533. The molecule has 0 heterocycles. The molecular weight excluding hydrogens is 150 g/mol. The van der Waals surface area contributed by atoms with E-state index in [0.29, 0.717) is 0 Å². The molecular formula is C6H13NO4. The first-order valence-electron chi connectivity index (χ1n) is 3.35. The molecule has 0 rings (SSSR count). The molecule has 0 unspecified atom stereocenters. The van der Waals surface area contributed by atoms with Gasteiger partial charge in [-0.25, -0.2) is 0 Å². The number of hydrogen-bond acceptors (Lipinski definition) is 4. The van der Waals surface area contributed by atoms with Crippen LogP contribution in [0.15, 0.2) is 0 Å². The first kappa shape index (κ1) is 10.3. The van der Waals surface area contributed by atoms with E-state index in [1.807, 2.05) is 0 Å². The Morgan fingerprint density at radius 1 is 1.55 bits per heavy atom. The number of nitrogens with two attached hydrogens (primary N) is 1. The molecule has 0 aliphatic carbocycles. The molecule has 0 aromatic carbocycles. The summed E-state index contributed by atoms with van der Waals surface area (Å²) < 4.78 is 4.81. The van der Waals surface area contributed by atoms with Crippen molar-refractivity contribution in [3.8, 4) is 0 Å². The highest BCUT2D eigenvalue weighted by Crippen LogP contribution is 1.88. The molecule has 0 saturated heterocycles. The average Bonchev–Trinajstić information content (AvgIpc) is 1.97. The highest BCUT2D eigenvalue weighted by atomic mass is 16.5. The Kier molecular flexibility index (Phi) is 5.73. The van der Waals surface area contributed by atoms with Crippen molar-refractivity contribution in [1.82, 2.24) is 0 Å². The molecule has 1 atom stereocenters. The van der Waals surface area contributed by atoms with Crippen LogP contribution in [0.2, 0.25) is 0 Å². The Hall–Kier alpha value is -0.650. The topological polar surface area (TPSA) is 92.8 Å². The van der Waals surface area contributed by atoms with Crippen molar-refractivity contribution in [2.24, 2.45) is 5.73 Å². The lowest BCUT2D eigenvalue weighted by Crippen LogP contribution is -2.31. The van der Waals surface area contributed by atoms with E-state index >= 15 is 0 Å². The summed E-state index contributed by atoms with van der Waals surface area (Å²) in [5, 5.41) is 16.6. The lowest BCUT2D eigenvalue weighted by atomic mass is 10.2. The lowest BCUT2D eigenvalue weighted by molar-refractivity contribution is -0.139. The summed E-state index contributed by atoms with van der Waals surface area (Å²) in [6.45, 7) is 0.447. The van der Waals surface area contributed by atoms with Gasteiger partial charge in [-0.15, -0.1) is 0 Å². The van der Waals surface area contributed by atoms with Crippen LogP contribution in [-0.2, 0) is 9.53 Å². The number of ether oxygens (including phenoxy) is 1. The second kappa shape index (κ2) is 6.09. The molecule has 0 aliphatic rings. The zero-order valence-electron chi connectivity index (χ0n) is 6.19. The number of aliphatic carboxylic acids is 1. The summed E-state index contributed by atoms with van der Waals surface area (Å²) in [5.41, 5.74) is 5.16. The molecule has 0 fully saturated rings. The van der Waals surface area contributed by atoms with Crippen LogP contribution in [0.4, 0.5) is 0 Å². The number of carboxylic acids is 1. The van der Waals surface area contributed by atoms with Crippen LogP contribution >= 0.6 is 0 Å². The van der Waals surface area contributed by atoms with Gasteiger partial charge in [0.25, 0.3) is 0 Å². The third kappa shape index (κ3) is 5.78. The minimum atomic E-state index is -1.03. The van der Waals surface area contributed by atoms with E-state index in [2.05, 4.69) is 0 Å². The van der Waals surface area contributed by atoms with E-state index in [9.17, 15) is 4.79 Å². The van der Waals surface area contributed by atoms with Crippen LogP contribution in [-0.4, -0.2) is 42.0 Å². The number of carbonyl (C=O) groups is 1. The molecule has 0 spiro atoms. The van der Waals surface area contributed by atoms with E-state index in [4.69, 9.17) is 20.7 Å². The van der Waals surface area contributed by atoms with Crippen molar-refractivity contribution in [1.29, 1.82) is 0 Å². The summed E-state index contributed by atoms with van der Waals surface area (Å²) in [5.74, 6) is -1.03. The van der Waals surface area contributed by atoms with Crippen molar-refractivity contribution >= 4 is 5.97 Å². The Labute approximate surface area is 64.8 Å². The zero-order valence-corrected chi connectivity index (χ0v) is 6.19. The highest BCUT2D eigenvalue weighted by Gasteiger charge is 2.09. The van der Waals surface area contributed by atoms with Gasteiger partial charge < -0.3 is 20.7 Å². The van der Waals surface area contributed by atoms with Gasteiger partial charge in [-0.1, -0.05) is 0 Å². The van der Waals surface area contributed by atoms with Crippen molar-refractivity contribution in [2.45, 2.75) is 12.5 Å². The number of hydrogen-bond donors (Lipinski definition) is 3. The Bertz CT molecular complexity index is 117. The minimum Gasteiger partial charge on any atom is -0.480 e. The quantitative estimate of drug-likeness (QED) is 0.427. The van der Waals surface area contributed by atoms with E-state index in [0.717, 1.165) is 0 Å². The first-order valence-corrected chi connectivity index (χ1v) is 3.35. The molecule has 0 amide bonds. The number of aliphatic hydroxyl groups excluding tert-OH is 1. The summed E-state index contributed by atoms with van der Waals surface area (Å²) in [4.78, 5) is 10.1. The van der Waals surface area contributed by atoms with Gasteiger partial charge in [0, 0.05) is 6.61 Å². The predicted molar refractivity (Wildman–Crippen MR) is 38.1 cm³/mol. The van der Waals surface area contributed by atoms with Gasteiger partial charge >= 0.3 is 5.97 Å². The Morgan fingerprint density at radius 3 is 2.64 bits per heavy atom. The lowest BCUT2D eigenvalue weighted by Gasteiger charge is -2.05. The molecule has 0 bridgehead atoms. The Balaban J connectivity index is 3.17. The summed E-state index contributed by atoms with van der Waals surface area (Å²) in [6, 6.07) is -0.867. The molecule has 5 nitrogen and oxygen atoms in total. The summed E-state index contributed by atoms with van der Waals surface area (Å²) in [6.07, 6.45) is 0.273. The molecule has 5 heteroatoms. The maximum absolute atomic E-state index is 10.1. The molecule has 0 radical (unpaired) electrons. The van der Waals surface area contributed by atoms with Gasteiger partial charge in [-0.3, -0.25) is 4.79 Å². The van der Waals surface area contributed by atoms with Gasteiger partial charge in [0.05, 0.1) is 13.2 Å². The molecule has 4 N–H and O–H groups in total. The molecule has 0 saturated carbocycles. The van der Waals surface area contributed by atoms with Gasteiger partial charge in [-0.2, -0.15) is 0 Å². The van der Waals surface area contributed by atoms with E-state index in [-0.39, 0.29) is 26.2 Å². The maximum atomic E-state index is 10.1. The monoisotopic (exact) mass is 163 g/mol. The molecule has 11 heavy (non-hydrogen) atoms. The average molecular weight is 163 g/mol. The van der Waals surface area contributed by atoms with Crippen molar-refractivity contribution in [3.05, 3.63) is 0 Å². The highest BCUT2D eigenvalue weighted by molar-refractivity contribution is 5.72. The van der Waals surface area contributed by atoms with Gasteiger partial charge in [0.2, 0.25) is 0 Å². The van der Waals surface area contributed by atoms with Crippen LogP contribution in [0.1, 0.15) is 6.42 Å². The van der Waals surface area contributed by atoms with Crippen LogP contribution in [0.3, 0.4) is 0 Å². The number of carboxylic acid groups (broad SMARTS) is 1. The molecule has 66 valence electrons. The van der Waals surface area contributed by atoms with Crippen molar-refractivity contribution in [3.63, 3.8) is 0 Å². The number of aliphatic hydroxyl groups is 1. The standard InChI is InChI=1S/C6H13NO4/c7-5(6(9)10)1-3-11-4-2-8/h5,8H,1-4,7H2,(H,9,10)/t5-/m0/s1. The summed E-state index contributed by atoms with van der Waals surface area (Å²) in [7, 11) is 0.